The lowest BCUT2D eigenvalue weighted by Gasteiger charge is -2.35. The minimum Gasteiger partial charge on any atom is -0.481 e. The number of benzene rings is 1. The van der Waals surface area contributed by atoms with Crippen LogP contribution in [0.5, 0.6) is 0 Å². The number of carboxylic acids is 1. The lowest BCUT2D eigenvalue weighted by Crippen LogP contribution is -2.37. The van der Waals surface area contributed by atoms with Crippen molar-refractivity contribution in [2.24, 2.45) is 5.92 Å². The van der Waals surface area contributed by atoms with Crippen molar-refractivity contribution in [1.29, 1.82) is 0 Å². The number of nitrogens with zero attached hydrogens (tertiary/aromatic N) is 1. The molecule has 0 spiro atoms. The Kier molecular flexibility index (Phi) is 3.05. The summed E-state index contributed by atoms with van der Waals surface area (Å²) in [6.45, 7) is 4.19. The highest BCUT2D eigenvalue weighted by atomic mass is 16.4. The van der Waals surface area contributed by atoms with Gasteiger partial charge in [-0.3, -0.25) is 4.79 Å². The van der Waals surface area contributed by atoms with Crippen LogP contribution in [0.15, 0.2) is 36.5 Å². The molecule has 2 aliphatic rings. The second kappa shape index (κ2) is 4.72. The molecule has 19 heavy (non-hydrogen) atoms. The van der Waals surface area contributed by atoms with Crippen molar-refractivity contribution in [3.05, 3.63) is 42.1 Å². The molecule has 0 aromatic heterocycles. The maximum atomic E-state index is 11.0. The van der Waals surface area contributed by atoms with E-state index in [0.717, 1.165) is 37.8 Å². The van der Waals surface area contributed by atoms with Crippen molar-refractivity contribution < 1.29 is 9.90 Å². The van der Waals surface area contributed by atoms with Crippen LogP contribution in [-0.4, -0.2) is 17.1 Å². The first-order valence-electron chi connectivity index (χ1n) is 6.94. The van der Waals surface area contributed by atoms with Gasteiger partial charge in [0.1, 0.15) is 0 Å². The van der Waals surface area contributed by atoms with Crippen molar-refractivity contribution in [2.75, 3.05) is 4.90 Å². The third-order valence-electron chi connectivity index (χ3n) is 4.40. The zero-order chi connectivity index (χ0) is 13.4. The van der Waals surface area contributed by atoms with Crippen LogP contribution in [0.1, 0.15) is 31.2 Å². The van der Waals surface area contributed by atoms with Gasteiger partial charge in [0.25, 0.3) is 0 Å². The normalized spacial score (nSPS) is 26.3. The van der Waals surface area contributed by atoms with Crippen LogP contribution in [0.2, 0.25) is 0 Å². The molecule has 3 nitrogen and oxygen atoms in total. The third kappa shape index (κ3) is 2.14. The number of allylic oxidation sites excluding steroid dienone is 1. The predicted molar refractivity (Wildman–Crippen MR) is 75.1 cm³/mol. The zero-order valence-corrected chi connectivity index (χ0v) is 11.0. The van der Waals surface area contributed by atoms with E-state index in [1.165, 1.54) is 11.3 Å². The van der Waals surface area contributed by atoms with Crippen molar-refractivity contribution >= 4 is 11.7 Å². The molecule has 3 rings (SSSR count). The average molecular weight is 257 g/mol. The van der Waals surface area contributed by atoms with Crippen LogP contribution in [0, 0.1) is 5.92 Å². The van der Waals surface area contributed by atoms with E-state index in [2.05, 4.69) is 35.7 Å². The summed E-state index contributed by atoms with van der Waals surface area (Å²) in [5.41, 5.74) is 3.76. The molecule has 0 radical (unpaired) electrons. The Bertz CT molecular complexity index is 515. The number of para-hydroxylation sites is 1. The number of carbonyl (C=O) groups is 1. The van der Waals surface area contributed by atoms with Crippen molar-refractivity contribution in [3.8, 4) is 0 Å². The third-order valence-corrected chi connectivity index (χ3v) is 4.40. The minimum absolute atomic E-state index is 0.151. The molecular formula is C16H19NO2. The lowest BCUT2D eigenvalue weighted by molar-refractivity contribution is -0.142. The van der Waals surface area contributed by atoms with Crippen molar-refractivity contribution in [1.82, 2.24) is 0 Å². The fourth-order valence-corrected chi connectivity index (χ4v) is 3.41. The summed E-state index contributed by atoms with van der Waals surface area (Å²) in [4.78, 5) is 13.4. The van der Waals surface area contributed by atoms with Crippen LogP contribution in [0.3, 0.4) is 0 Å². The van der Waals surface area contributed by atoms with Gasteiger partial charge in [0.15, 0.2) is 0 Å². The summed E-state index contributed by atoms with van der Waals surface area (Å²) in [5.74, 6) is -0.790. The van der Waals surface area contributed by atoms with Gasteiger partial charge < -0.3 is 10.0 Å². The fraction of sp³-hybridized carbons (Fsp3) is 0.438. The van der Waals surface area contributed by atoms with Gasteiger partial charge in [-0.1, -0.05) is 24.8 Å². The van der Waals surface area contributed by atoms with Crippen LogP contribution in [0.4, 0.5) is 5.69 Å². The van der Waals surface area contributed by atoms with Crippen LogP contribution in [-0.2, 0) is 11.2 Å². The highest BCUT2D eigenvalue weighted by Gasteiger charge is 2.33. The molecule has 1 fully saturated rings. The molecule has 1 aliphatic carbocycles. The first kappa shape index (κ1) is 12.3. The zero-order valence-electron chi connectivity index (χ0n) is 11.0. The lowest BCUT2D eigenvalue weighted by atomic mass is 9.85. The maximum absolute atomic E-state index is 11.0. The molecule has 1 aromatic carbocycles. The molecule has 1 aliphatic heterocycles. The topological polar surface area (TPSA) is 40.5 Å². The Morgan fingerprint density at radius 1 is 1.21 bits per heavy atom. The van der Waals surface area contributed by atoms with Crippen molar-refractivity contribution in [2.45, 2.75) is 38.1 Å². The number of hydrogen-bond acceptors (Lipinski definition) is 2. The highest BCUT2D eigenvalue weighted by molar-refractivity contribution is 5.70. The second-order valence-electron chi connectivity index (χ2n) is 5.59. The smallest absolute Gasteiger partial charge is 0.306 e. The second-order valence-corrected chi connectivity index (χ2v) is 5.59. The van der Waals surface area contributed by atoms with Gasteiger partial charge in [0, 0.05) is 23.8 Å². The number of fused-ring (bicyclic) bond motifs is 1. The maximum Gasteiger partial charge on any atom is 0.306 e. The molecule has 1 heterocycles. The van der Waals surface area contributed by atoms with Gasteiger partial charge in [-0.05, 0) is 37.3 Å². The highest BCUT2D eigenvalue weighted by Crippen LogP contribution is 2.39. The van der Waals surface area contributed by atoms with Gasteiger partial charge in [0.2, 0.25) is 0 Å². The van der Waals surface area contributed by atoms with E-state index < -0.39 is 5.97 Å². The Morgan fingerprint density at radius 3 is 2.58 bits per heavy atom. The van der Waals surface area contributed by atoms with E-state index in [1.807, 2.05) is 0 Å². The monoisotopic (exact) mass is 257 g/mol. The largest absolute Gasteiger partial charge is 0.481 e. The van der Waals surface area contributed by atoms with E-state index >= 15 is 0 Å². The first-order valence-corrected chi connectivity index (χ1v) is 6.94. The standard InChI is InChI=1S/C16H19NO2/c1-11-10-13-4-2-3-5-15(13)17(11)14-8-6-12(7-9-14)16(18)19/h2-5,12,14H,1,6-10H2,(H,18,19). The van der Waals surface area contributed by atoms with Crippen LogP contribution < -0.4 is 4.90 Å². The quantitative estimate of drug-likeness (QED) is 0.884. The number of carboxylic acid groups (broad SMARTS) is 1. The molecular weight excluding hydrogens is 238 g/mol. The number of rotatable bonds is 2. The Hall–Kier alpha value is -1.77. The molecule has 0 saturated heterocycles. The molecule has 100 valence electrons. The minimum atomic E-state index is -0.640. The summed E-state index contributed by atoms with van der Waals surface area (Å²) >= 11 is 0. The van der Waals surface area contributed by atoms with Crippen molar-refractivity contribution in [3.63, 3.8) is 0 Å². The number of anilines is 1. The van der Waals surface area contributed by atoms with E-state index in [9.17, 15) is 4.79 Å². The van der Waals surface area contributed by atoms with E-state index in [-0.39, 0.29) is 5.92 Å². The fourth-order valence-electron chi connectivity index (χ4n) is 3.41. The van der Waals surface area contributed by atoms with Gasteiger partial charge in [-0.25, -0.2) is 0 Å². The molecule has 1 N–H and O–H groups in total. The number of hydrogen-bond donors (Lipinski definition) is 1. The van der Waals surface area contributed by atoms with Crippen LogP contribution in [0.25, 0.3) is 0 Å². The molecule has 3 heteroatoms. The summed E-state index contributed by atoms with van der Waals surface area (Å²) in [6, 6.07) is 8.86. The molecule has 1 saturated carbocycles. The SMILES string of the molecule is C=C1Cc2ccccc2N1C1CCC(C(=O)O)CC1. The first-order chi connectivity index (χ1) is 9.16. The molecule has 1 aromatic rings. The summed E-state index contributed by atoms with van der Waals surface area (Å²) in [7, 11) is 0. The van der Waals surface area contributed by atoms with E-state index in [0.29, 0.717) is 6.04 Å². The molecule has 0 unspecified atom stereocenters. The summed E-state index contributed by atoms with van der Waals surface area (Å²) < 4.78 is 0. The summed E-state index contributed by atoms with van der Waals surface area (Å²) in [5, 5.41) is 9.07. The molecule has 0 atom stereocenters. The van der Waals surface area contributed by atoms with Crippen LogP contribution >= 0.6 is 0 Å². The average Bonchev–Trinajstić information content (AvgIpc) is 2.74. The van der Waals surface area contributed by atoms with E-state index in [1.54, 1.807) is 0 Å². The van der Waals surface area contributed by atoms with Gasteiger partial charge in [-0.2, -0.15) is 0 Å². The van der Waals surface area contributed by atoms with Gasteiger partial charge in [-0.15, -0.1) is 0 Å². The predicted octanol–water partition coefficient (Wildman–Crippen LogP) is 3.21. The Morgan fingerprint density at radius 2 is 1.89 bits per heavy atom. The Balaban J connectivity index is 1.77. The van der Waals surface area contributed by atoms with E-state index in [4.69, 9.17) is 5.11 Å². The molecule has 0 bridgehead atoms. The van der Waals surface area contributed by atoms with Gasteiger partial charge in [0.05, 0.1) is 5.92 Å². The Labute approximate surface area is 113 Å². The molecule has 0 amide bonds. The van der Waals surface area contributed by atoms with Gasteiger partial charge >= 0.3 is 5.97 Å². The summed E-state index contributed by atoms with van der Waals surface area (Å²) in [6.07, 6.45) is 4.39. The number of aliphatic carboxylic acids is 1.